The van der Waals surface area contributed by atoms with Crippen LogP contribution in [0.25, 0.3) is 0 Å². The lowest BCUT2D eigenvalue weighted by Crippen LogP contribution is -2.42. The predicted octanol–water partition coefficient (Wildman–Crippen LogP) is 0.935. The number of rotatable bonds is 4. The average Bonchev–Trinajstić information content (AvgIpc) is 2.14. The Balaban J connectivity index is 2.89. The molecule has 2 unspecified atom stereocenters. The van der Waals surface area contributed by atoms with Gasteiger partial charge in [0.05, 0.1) is 6.04 Å². The van der Waals surface area contributed by atoms with Crippen LogP contribution in [0, 0.1) is 6.92 Å². The summed E-state index contributed by atoms with van der Waals surface area (Å²) in [4.78, 5) is 0. The van der Waals surface area contributed by atoms with Crippen LogP contribution in [0.15, 0.2) is 24.3 Å². The summed E-state index contributed by atoms with van der Waals surface area (Å²) >= 11 is 0. The van der Waals surface area contributed by atoms with Gasteiger partial charge in [-0.1, -0.05) is 17.7 Å². The van der Waals surface area contributed by atoms with Gasteiger partial charge in [0, 0.05) is 0 Å². The summed E-state index contributed by atoms with van der Waals surface area (Å²) in [5, 5.41) is 0. The standard InChI is InChI=1S/C10H15NO4S/c1-7-3-5-9(6-4-7)15-10(8(2)11)16(12,13)14/h3-6,8,10H,11H2,1-2H3,(H,12,13,14). The van der Waals surface area contributed by atoms with Crippen molar-refractivity contribution in [3.63, 3.8) is 0 Å². The van der Waals surface area contributed by atoms with Crippen LogP contribution in [-0.4, -0.2) is 24.4 Å². The van der Waals surface area contributed by atoms with E-state index in [4.69, 9.17) is 15.0 Å². The molecule has 2 atom stereocenters. The molecule has 0 heterocycles. The minimum absolute atomic E-state index is 0.352. The van der Waals surface area contributed by atoms with Gasteiger partial charge in [0.15, 0.2) is 0 Å². The third-order valence-electron chi connectivity index (χ3n) is 2.00. The number of ether oxygens (including phenoxy) is 1. The van der Waals surface area contributed by atoms with Crippen LogP contribution < -0.4 is 10.5 Å². The number of hydrogen-bond donors (Lipinski definition) is 2. The van der Waals surface area contributed by atoms with E-state index in [-0.39, 0.29) is 0 Å². The number of benzene rings is 1. The Morgan fingerprint density at radius 1 is 1.31 bits per heavy atom. The Morgan fingerprint density at radius 2 is 1.81 bits per heavy atom. The highest BCUT2D eigenvalue weighted by molar-refractivity contribution is 7.86. The monoisotopic (exact) mass is 245 g/mol. The van der Waals surface area contributed by atoms with E-state index in [2.05, 4.69) is 0 Å². The van der Waals surface area contributed by atoms with Crippen LogP contribution in [0.4, 0.5) is 0 Å². The zero-order valence-corrected chi connectivity index (χ0v) is 9.94. The van der Waals surface area contributed by atoms with Crippen molar-refractivity contribution in [3.8, 4) is 5.75 Å². The summed E-state index contributed by atoms with van der Waals surface area (Å²) in [6.07, 6.45) is 0. The molecular formula is C10H15NO4S. The molecule has 16 heavy (non-hydrogen) atoms. The molecule has 0 bridgehead atoms. The molecule has 1 aromatic rings. The largest absolute Gasteiger partial charge is 0.470 e. The molecule has 3 N–H and O–H groups in total. The van der Waals surface area contributed by atoms with E-state index in [1.165, 1.54) is 6.92 Å². The summed E-state index contributed by atoms with van der Waals surface area (Å²) in [6, 6.07) is 5.97. The molecule has 1 rings (SSSR count). The Hall–Kier alpha value is -1.11. The molecule has 0 aromatic heterocycles. The minimum Gasteiger partial charge on any atom is -0.470 e. The van der Waals surface area contributed by atoms with Gasteiger partial charge in [0.25, 0.3) is 0 Å². The molecule has 6 heteroatoms. The van der Waals surface area contributed by atoms with Crippen molar-refractivity contribution in [1.82, 2.24) is 0 Å². The number of hydrogen-bond acceptors (Lipinski definition) is 4. The molecule has 0 aliphatic heterocycles. The van der Waals surface area contributed by atoms with Crippen molar-refractivity contribution in [3.05, 3.63) is 29.8 Å². The summed E-state index contributed by atoms with van der Waals surface area (Å²) in [5.74, 6) is 0.352. The Morgan fingerprint density at radius 3 is 2.19 bits per heavy atom. The second-order valence-electron chi connectivity index (χ2n) is 3.67. The third kappa shape index (κ3) is 3.48. The minimum atomic E-state index is -4.32. The fourth-order valence-electron chi connectivity index (χ4n) is 1.19. The first kappa shape index (κ1) is 13.0. The van der Waals surface area contributed by atoms with Crippen LogP contribution >= 0.6 is 0 Å². The topological polar surface area (TPSA) is 89.6 Å². The predicted molar refractivity (Wildman–Crippen MR) is 60.8 cm³/mol. The van der Waals surface area contributed by atoms with Gasteiger partial charge in [-0.15, -0.1) is 0 Å². The van der Waals surface area contributed by atoms with Crippen LogP contribution in [0.2, 0.25) is 0 Å². The number of nitrogens with two attached hydrogens (primary N) is 1. The zero-order chi connectivity index (χ0) is 12.3. The van der Waals surface area contributed by atoms with E-state index < -0.39 is 21.6 Å². The van der Waals surface area contributed by atoms with E-state index >= 15 is 0 Å². The molecule has 0 spiro atoms. The van der Waals surface area contributed by atoms with Crippen LogP contribution in [0.3, 0.4) is 0 Å². The molecule has 0 aliphatic rings. The van der Waals surface area contributed by atoms with E-state index in [9.17, 15) is 8.42 Å². The van der Waals surface area contributed by atoms with Crippen LogP contribution in [0.5, 0.6) is 5.75 Å². The molecule has 0 amide bonds. The molecule has 0 aliphatic carbocycles. The highest BCUT2D eigenvalue weighted by Gasteiger charge is 2.29. The second-order valence-corrected chi connectivity index (χ2v) is 5.17. The van der Waals surface area contributed by atoms with E-state index in [0.29, 0.717) is 5.75 Å². The smallest absolute Gasteiger partial charge is 0.305 e. The maximum Gasteiger partial charge on any atom is 0.305 e. The summed E-state index contributed by atoms with van der Waals surface area (Å²) in [6.45, 7) is 3.35. The van der Waals surface area contributed by atoms with E-state index in [1.807, 2.05) is 6.92 Å². The maximum absolute atomic E-state index is 11.0. The second kappa shape index (κ2) is 4.82. The SMILES string of the molecule is Cc1ccc(OC(C(C)N)S(=O)(=O)O)cc1. The molecular weight excluding hydrogens is 230 g/mol. The zero-order valence-electron chi connectivity index (χ0n) is 9.12. The Labute approximate surface area is 95.0 Å². The van der Waals surface area contributed by atoms with Gasteiger partial charge in [-0.2, -0.15) is 8.42 Å². The molecule has 1 aromatic carbocycles. The molecule has 90 valence electrons. The quantitative estimate of drug-likeness (QED) is 0.770. The maximum atomic E-state index is 11.0. The van der Waals surface area contributed by atoms with Crippen molar-refractivity contribution in [2.24, 2.45) is 5.73 Å². The fraction of sp³-hybridized carbons (Fsp3) is 0.400. The van der Waals surface area contributed by atoms with Gasteiger partial charge in [0.1, 0.15) is 5.75 Å². The first-order valence-electron chi connectivity index (χ1n) is 4.76. The fourth-order valence-corrected chi connectivity index (χ4v) is 1.97. The highest BCUT2D eigenvalue weighted by Crippen LogP contribution is 2.16. The lowest BCUT2D eigenvalue weighted by Gasteiger charge is -2.19. The van der Waals surface area contributed by atoms with Crippen molar-refractivity contribution >= 4 is 10.1 Å². The van der Waals surface area contributed by atoms with Crippen molar-refractivity contribution in [2.75, 3.05) is 0 Å². The van der Waals surface area contributed by atoms with Gasteiger partial charge >= 0.3 is 10.1 Å². The molecule has 0 fully saturated rings. The van der Waals surface area contributed by atoms with Gasteiger partial charge in [-0.05, 0) is 26.0 Å². The number of aryl methyl sites for hydroxylation is 1. The van der Waals surface area contributed by atoms with Crippen molar-refractivity contribution < 1.29 is 17.7 Å². The van der Waals surface area contributed by atoms with Crippen molar-refractivity contribution in [1.29, 1.82) is 0 Å². The highest BCUT2D eigenvalue weighted by atomic mass is 32.2. The average molecular weight is 245 g/mol. The molecule has 0 radical (unpaired) electrons. The van der Waals surface area contributed by atoms with Gasteiger partial charge < -0.3 is 10.5 Å². The van der Waals surface area contributed by atoms with Crippen molar-refractivity contribution in [2.45, 2.75) is 25.3 Å². The first-order valence-corrected chi connectivity index (χ1v) is 6.26. The molecule has 5 nitrogen and oxygen atoms in total. The van der Waals surface area contributed by atoms with Crippen LogP contribution in [-0.2, 0) is 10.1 Å². The molecule has 0 saturated carbocycles. The summed E-state index contributed by atoms with van der Waals surface area (Å²) in [5.41, 5.74) is 5.01. The first-order chi connectivity index (χ1) is 7.30. The molecule has 0 saturated heterocycles. The lowest BCUT2D eigenvalue weighted by molar-refractivity contribution is 0.234. The third-order valence-corrected chi connectivity index (χ3v) is 3.11. The summed E-state index contributed by atoms with van der Waals surface area (Å²) in [7, 11) is -4.32. The van der Waals surface area contributed by atoms with Gasteiger partial charge in [-0.3, -0.25) is 4.55 Å². The summed E-state index contributed by atoms with van der Waals surface area (Å²) < 4.78 is 36.1. The lowest BCUT2D eigenvalue weighted by atomic mass is 10.2. The van der Waals surface area contributed by atoms with E-state index in [1.54, 1.807) is 24.3 Å². The van der Waals surface area contributed by atoms with Gasteiger partial charge in [0.2, 0.25) is 5.44 Å². The van der Waals surface area contributed by atoms with Gasteiger partial charge in [-0.25, -0.2) is 0 Å². The normalized spacial score (nSPS) is 15.5. The Kier molecular flexibility index (Phi) is 3.90. The Bertz CT molecular complexity index is 438. The van der Waals surface area contributed by atoms with E-state index in [0.717, 1.165) is 5.56 Å². The van der Waals surface area contributed by atoms with Crippen LogP contribution in [0.1, 0.15) is 12.5 Å².